The molecule has 2 aromatic heterocycles. The van der Waals surface area contributed by atoms with Gasteiger partial charge in [0.25, 0.3) is 11.5 Å². The normalized spacial score (nSPS) is 11.3. The van der Waals surface area contributed by atoms with Gasteiger partial charge in [-0.15, -0.1) is 0 Å². The summed E-state index contributed by atoms with van der Waals surface area (Å²) in [6.45, 7) is 3.60. The molecule has 0 aliphatic carbocycles. The second kappa shape index (κ2) is 9.59. The second-order valence-electron chi connectivity index (χ2n) is 8.02. The standard InChI is InChI=1S/C25H24N5O4S/c1-17-12-13-21(15-22(17)24(31)27-16-19-9-7-8-14-26-19)35(33,34)28-23-18(2)29(3)30(25(23)32)20-10-5-4-6-11-20/h4-15H,16H2,1-3H3,(H,27,31)/q-1/p+1. The zero-order chi connectivity index (χ0) is 25.2. The lowest BCUT2D eigenvalue weighted by Crippen LogP contribution is -2.27. The molecule has 180 valence electrons. The molecule has 10 heteroatoms. The van der Waals surface area contributed by atoms with Gasteiger partial charge < -0.3 is 10.0 Å². The Labute approximate surface area is 203 Å². The van der Waals surface area contributed by atoms with Gasteiger partial charge in [0.15, 0.2) is 11.9 Å². The number of sulfonamides is 1. The maximum absolute atomic E-state index is 13.2. The van der Waals surface area contributed by atoms with Crippen molar-refractivity contribution in [3.63, 3.8) is 0 Å². The van der Waals surface area contributed by atoms with Crippen LogP contribution in [-0.2, 0) is 23.6 Å². The third kappa shape index (κ3) is 4.87. The molecule has 0 fully saturated rings. The van der Waals surface area contributed by atoms with Crippen LogP contribution in [0.15, 0.2) is 82.6 Å². The Hall–Kier alpha value is -4.18. The highest BCUT2D eigenvalue weighted by atomic mass is 32.2. The summed E-state index contributed by atoms with van der Waals surface area (Å²) in [5.41, 5.74) is 1.88. The molecule has 0 aliphatic heterocycles. The van der Waals surface area contributed by atoms with Crippen molar-refractivity contribution in [3.8, 4) is 5.69 Å². The SMILES string of the molecule is Cc1ccc(S(=O)(=O)[N-]c2c(C)n(C)n(-c3ccccc3)c2=O)cc1C(=O)NCc1cccc[nH+]1. The fraction of sp³-hybridized carbons (Fsp3) is 0.160. The highest BCUT2D eigenvalue weighted by molar-refractivity contribution is 7.94. The van der Waals surface area contributed by atoms with Gasteiger partial charge in [-0.3, -0.25) is 14.3 Å². The summed E-state index contributed by atoms with van der Waals surface area (Å²) in [5, 5.41) is 2.78. The molecule has 0 radical (unpaired) electrons. The van der Waals surface area contributed by atoms with E-state index in [1.165, 1.54) is 16.8 Å². The Morgan fingerprint density at radius 1 is 1.03 bits per heavy atom. The van der Waals surface area contributed by atoms with Crippen molar-refractivity contribution < 1.29 is 18.2 Å². The number of carbonyl (C=O) groups excluding carboxylic acids is 1. The maximum atomic E-state index is 13.2. The number of pyridine rings is 1. The number of rotatable bonds is 7. The van der Waals surface area contributed by atoms with Crippen LogP contribution < -0.4 is 15.9 Å². The van der Waals surface area contributed by atoms with Crippen LogP contribution in [-0.4, -0.2) is 23.7 Å². The zero-order valence-electron chi connectivity index (χ0n) is 19.5. The first-order chi connectivity index (χ1) is 16.7. The minimum absolute atomic E-state index is 0.173. The molecule has 0 spiro atoms. The third-order valence-electron chi connectivity index (χ3n) is 5.70. The Morgan fingerprint density at radius 3 is 2.43 bits per heavy atom. The monoisotopic (exact) mass is 491 g/mol. The lowest BCUT2D eigenvalue weighted by molar-refractivity contribution is -0.390. The Kier molecular flexibility index (Phi) is 6.57. The van der Waals surface area contributed by atoms with Crippen molar-refractivity contribution in [1.29, 1.82) is 0 Å². The van der Waals surface area contributed by atoms with E-state index >= 15 is 0 Å². The van der Waals surface area contributed by atoms with Crippen LogP contribution in [0, 0.1) is 13.8 Å². The van der Waals surface area contributed by atoms with E-state index in [0.29, 0.717) is 16.9 Å². The largest absolute Gasteiger partial charge is 0.567 e. The molecule has 4 rings (SSSR count). The third-order valence-corrected chi connectivity index (χ3v) is 6.97. The summed E-state index contributed by atoms with van der Waals surface area (Å²) in [6.07, 6.45) is 1.75. The van der Waals surface area contributed by atoms with Gasteiger partial charge in [-0.2, -0.15) is 0 Å². The van der Waals surface area contributed by atoms with Gasteiger partial charge in [0.1, 0.15) is 16.6 Å². The van der Waals surface area contributed by atoms with Crippen molar-refractivity contribution in [1.82, 2.24) is 14.7 Å². The lowest BCUT2D eigenvalue weighted by Gasteiger charge is -2.21. The zero-order valence-corrected chi connectivity index (χ0v) is 20.3. The molecule has 0 bridgehead atoms. The summed E-state index contributed by atoms with van der Waals surface area (Å²) >= 11 is 0. The molecule has 0 saturated carbocycles. The minimum Gasteiger partial charge on any atom is -0.567 e. The van der Waals surface area contributed by atoms with Crippen LogP contribution >= 0.6 is 0 Å². The van der Waals surface area contributed by atoms with Gasteiger partial charge in [0.05, 0.1) is 10.6 Å². The number of aromatic nitrogens is 3. The quantitative estimate of drug-likeness (QED) is 0.428. The number of nitrogens with zero attached hydrogens (tertiary/aromatic N) is 3. The van der Waals surface area contributed by atoms with E-state index < -0.39 is 21.5 Å². The Balaban J connectivity index is 1.63. The molecular formula is C25H25N5O4S. The van der Waals surface area contributed by atoms with E-state index in [1.807, 2.05) is 24.3 Å². The van der Waals surface area contributed by atoms with E-state index in [9.17, 15) is 18.0 Å². The fourth-order valence-corrected chi connectivity index (χ4v) is 4.71. The van der Waals surface area contributed by atoms with Gasteiger partial charge in [-0.1, -0.05) is 30.3 Å². The summed E-state index contributed by atoms with van der Waals surface area (Å²) in [7, 11) is -2.61. The number of para-hydroxylation sites is 1. The molecule has 1 amide bonds. The average molecular weight is 492 g/mol. The van der Waals surface area contributed by atoms with Crippen molar-refractivity contribution in [2.24, 2.45) is 7.05 Å². The molecule has 2 N–H and O–H groups in total. The highest BCUT2D eigenvalue weighted by Gasteiger charge is 2.17. The molecule has 9 nitrogen and oxygen atoms in total. The number of hydrogen-bond acceptors (Lipinski definition) is 4. The number of amides is 1. The van der Waals surface area contributed by atoms with Crippen molar-refractivity contribution in [2.45, 2.75) is 25.3 Å². The number of benzene rings is 2. The first-order valence-corrected chi connectivity index (χ1v) is 12.3. The first-order valence-electron chi connectivity index (χ1n) is 10.9. The van der Waals surface area contributed by atoms with Crippen LogP contribution in [0.4, 0.5) is 5.69 Å². The number of aromatic amines is 1. The topological polar surface area (TPSA) is 118 Å². The molecule has 2 aromatic carbocycles. The smallest absolute Gasteiger partial charge is 0.257 e. The predicted octanol–water partition coefficient (Wildman–Crippen LogP) is 2.93. The minimum atomic E-state index is -4.27. The number of nitrogens with one attached hydrogen (secondary N) is 2. The summed E-state index contributed by atoms with van der Waals surface area (Å²) in [4.78, 5) is 28.7. The van der Waals surface area contributed by atoms with Crippen LogP contribution in [0.2, 0.25) is 0 Å². The number of aryl methyl sites for hydroxylation is 1. The molecule has 0 aliphatic rings. The van der Waals surface area contributed by atoms with Crippen molar-refractivity contribution in [3.05, 3.63) is 111 Å². The van der Waals surface area contributed by atoms with Gasteiger partial charge in [0.2, 0.25) is 0 Å². The van der Waals surface area contributed by atoms with E-state index in [-0.39, 0.29) is 22.7 Å². The lowest BCUT2D eigenvalue weighted by atomic mass is 10.1. The molecule has 35 heavy (non-hydrogen) atoms. The second-order valence-corrected chi connectivity index (χ2v) is 9.63. The van der Waals surface area contributed by atoms with E-state index in [4.69, 9.17) is 0 Å². The van der Waals surface area contributed by atoms with Gasteiger partial charge >= 0.3 is 0 Å². The number of H-pyrrole nitrogens is 1. The molecule has 0 atom stereocenters. The first kappa shape index (κ1) is 24.0. The van der Waals surface area contributed by atoms with Crippen LogP contribution in [0.5, 0.6) is 0 Å². The van der Waals surface area contributed by atoms with Crippen molar-refractivity contribution in [2.75, 3.05) is 0 Å². The molecule has 0 unspecified atom stereocenters. The van der Waals surface area contributed by atoms with Gasteiger partial charge in [0, 0.05) is 30.4 Å². The fourth-order valence-electron chi connectivity index (χ4n) is 3.65. The maximum Gasteiger partial charge on any atom is 0.257 e. The van der Waals surface area contributed by atoms with Crippen molar-refractivity contribution >= 4 is 21.6 Å². The highest BCUT2D eigenvalue weighted by Crippen LogP contribution is 2.29. The van der Waals surface area contributed by atoms with E-state index in [2.05, 4.69) is 15.0 Å². The van der Waals surface area contributed by atoms with E-state index in [1.54, 1.807) is 62.1 Å². The summed E-state index contributed by atoms with van der Waals surface area (Å²) in [6, 6.07) is 18.6. The van der Waals surface area contributed by atoms with Crippen LogP contribution in [0.25, 0.3) is 10.4 Å². The number of carbonyl (C=O) groups is 1. The molecule has 0 saturated heterocycles. The number of hydrogen-bond donors (Lipinski definition) is 1. The Morgan fingerprint density at radius 2 is 1.74 bits per heavy atom. The predicted molar refractivity (Wildman–Crippen MR) is 131 cm³/mol. The summed E-state index contributed by atoms with van der Waals surface area (Å²) in [5.74, 6) is -0.417. The van der Waals surface area contributed by atoms with Gasteiger partial charge in [-0.05, 0) is 49.4 Å². The Bertz CT molecular complexity index is 1540. The van der Waals surface area contributed by atoms with Gasteiger partial charge in [-0.25, -0.2) is 18.1 Å². The average Bonchev–Trinajstić information content (AvgIpc) is 3.06. The molecule has 4 aromatic rings. The van der Waals surface area contributed by atoms with E-state index in [0.717, 1.165) is 5.69 Å². The molecule has 2 heterocycles. The van der Waals surface area contributed by atoms with Crippen LogP contribution in [0.3, 0.4) is 0 Å². The summed E-state index contributed by atoms with van der Waals surface area (Å²) < 4.78 is 33.1. The van der Waals surface area contributed by atoms with Crippen LogP contribution in [0.1, 0.15) is 27.3 Å². The molecular weight excluding hydrogens is 466 g/mol.